The monoisotopic (exact) mass is 1090 g/mol. The summed E-state index contributed by atoms with van der Waals surface area (Å²) < 4.78 is 28.5. The largest absolute Gasteiger partial charge is 0.479 e. The fourth-order valence-corrected chi connectivity index (χ4v) is 9.75. The van der Waals surface area contributed by atoms with Crippen LogP contribution in [0.2, 0.25) is 0 Å². The first-order valence-electron chi connectivity index (χ1n) is 32.0. The molecule has 1 aliphatic heterocycles. The topological polar surface area (TPSA) is 175 Å². The summed E-state index contributed by atoms with van der Waals surface area (Å²) >= 11 is 0. The van der Waals surface area contributed by atoms with E-state index < -0.39 is 67.3 Å². The van der Waals surface area contributed by atoms with Crippen molar-refractivity contribution in [3.8, 4) is 0 Å². The van der Waals surface area contributed by atoms with Crippen LogP contribution in [0.4, 0.5) is 0 Å². The maximum Gasteiger partial charge on any atom is 0.335 e. The molecule has 6 unspecified atom stereocenters. The fourth-order valence-electron chi connectivity index (χ4n) is 9.75. The number of aliphatic carboxylic acids is 1. The van der Waals surface area contributed by atoms with Gasteiger partial charge in [-0.15, -0.1) is 0 Å². The summed E-state index contributed by atoms with van der Waals surface area (Å²) in [6, 6.07) is 0. The molecule has 1 rings (SSSR count). The molecule has 448 valence electrons. The Morgan fingerprint density at radius 1 is 0.429 bits per heavy atom. The van der Waals surface area contributed by atoms with Crippen molar-refractivity contribution >= 4 is 23.9 Å². The number of unbranched alkanes of at least 4 members (excludes halogenated alkanes) is 35. The second kappa shape index (κ2) is 53.6. The Morgan fingerprint density at radius 2 is 0.779 bits per heavy atom. The molecule has 12 nitrogen and oxygen atoms in total. The number of allylic oxidation sites excluding steroid dienone is 6. The molecule has 6 atom stereocenters. The average Bonchev–Trinajstić information content (AvgIpc) is 3.42. The van der Waals surface area contributed by atoms with Crippen molar-refractivity contribution in [2.45, 2.75) is 340 Å². The number of rotatable bonds is 55. The van der Waals surface area contributed by atoms with E-state index in [2.05, 4.69) is 57.2 Å². The fraction of sp³-hybridized carbons (Fsp3) is 0.846. The summed E-state index contributed by atoms with van der Waals surface area (Å²) in [6.07, 6.45) is 51.0. The number of esters is 3. The number of hydrogen-bond donors (Lipinski definition) is 3. The van der Waals surface area contributed by atoms with Gasteiger partial charge >= 0.3 is 23.9 Å². The smallest absolute Gasteiger partial charge is 0.335 e. The molecule has 1 heterocycles. The SMILES string of the molecule is CCCCC/C=C\C/C=C\CCCCCCCCCCCC(=O)OC1C(OCC(COC(=O)CCCCCCCCC/C=C\CCCCCCCC)OC(=O)CCCCCCCCCCCCC)OC(C(=O)O)C(O)C1O. The molecule has 0 aromatic heterocycles. The van der Waals surface area contributed by atoms with Crippen molar-refractivity contribution in [3.63, 3.8) is 0 Å². The van der Waals surface area contributed by atoms with E-state index in [1.54, 1.807) is 0 Å². The van der Waals surface area contributed by atoms with Gasteiger partial charge in [0.15, 0.2) is 24.6 Å². The van der Waals surface area contributed by atoms with Gasteiger partial charge in [0.05, 0.1) is 6.61 Å². The third kappa shape index (κ3) is 43.4. The molecule has 1 saturated heterocycles. The number of ether oxygens (including phenoxy) is 5. The Hall–Kier alpha value is -3.06. The molecule has 0 aliphatic carbocycles. The average molecular weight is 1090 g/mol. The number of carbonyl (C=O) groups is 4. The van der Waals surface area contributed by atoms with E-state index >= 15 is 0 Å². The lowest BCUT2D eigenvalue weighted by Crippen LogP contribution is -2.61. The van der Waals surface area contributed by atoms with Crippen LogP contribution >= 0.6 is 0 Å². The second-order valence-electron chi connectivity index (χ2n) is 22.0. The lowest BCUT2D eigenvalue weighted by molar-refractivity contribution is -0.301. The van der Waals surface area contributed by atoms with Crippen molar-refractivity contribution < 1.29 is 58.2 Å². The minimum Gasteiger partial charge on any atom is -0.479 e. The van der Waals surface area contributed by atoms with Gasteiger partial charge in [-0.05, 0) is 77.0 Å². The van der Waals surface area contributed by atoms with Crippen molar-refractivity contribution in [2.24, 2.45) is 0 Å². The van der Waals surface area contributed by atoms with E-state index in [-0.39, 0.29) is 25.9 Å². The minimum absolute atomic E-state index is 0.0586. The number of carbonyl (C=O) groups excluding carboxylic acids is 3. The predicted molar refractivity (Wildman–Crippen MR) is 313 cm³/mol. The molecule has 1 aliphatic rings. The van der Waals surface area contributed by atoms with Gasteiger partial charge in [-0.25, -0.2) is 4.79 Å². The first kappa shape index (κ1) is 72.0. The first-order valence-corrected chi connectivity index (χ1v) is 32.0. The molecule has 0 amide bonds. The maximum absolute atomic E-state index is 13.1. The summed E-state index contributed by atoms with van der Waals surface area (Å²) in [6.45, 7) is 5.99. The maximum atomic E-state index is 13.1. The van der Waals surface area contributed by atoms with Crippen LogP contribution in [0.1, 0.15) is 303 Å². The molecule has 0 spiro atoms. The zero-order valence-corrected chi connectivity index (χ0v) is 49.5. The van der Waals surface area contributed by atoms with Crippen LogP contribution in [-0.2, 0) is 42.9 Å². The molecule has 1 fully saturated rings. The third-order valence-electron chi connectivity index (χ3n) is 14.7. The highest BCUT2D eigenvalue weighted by Crippen LogP contribution is 2.27. The molecule has 0 bridgehead atoms. The lowest BCUT2D eigenvalue weighted by atomic mass is 9.98. The zero-order valence-electron chi connectivity index (χ0n) is 49.5. The molecule has 12 heteroatoms. The molecule has 0 aromatic rings. The first-order chi connectivity index (χ1) is 37.6. The van der Waals surface area contributed by atoms with Gasteiger partial charge in [0, 0.05) is 19.3 Å². The highest BCUT2D eigenvalue weighted by atomic mass is 16.7. The van der Waals surface area contributed by atoms with Crippen molar-refractivity contribution in [2.75, 3.05) is 13.2 Å². The van der Waals surface area contributed by atoms with E-state index in [0.29, 0.717) is 19.3 Å². The molecule has 0 saturated carbocycles. The molecule has 3 N–H and O–H groups in total. The Morgan fingerprint density at radius 3 is 1.21 bits per heavy atom. The van der Waals surface area contributed by atoms with Crippen molar-refractivity contribution in [3.05, 3.63) is 36.5 Å². The van der Waals surface area contributed by atoms with E-state index in [9.17, 15) is 34.5 Å². The van der Waals surface area contributed by atoms with Gasteiger partial charge in [0.2, 0.25) is 0 Å². The van der Waals surface area contributed by atoms with Gasteiger partial charge in [-0.2, -0.15) is 0 Å². The van der Waals surface area contributed by atoms with E-state index in [4.69, 9.17) is 23.7 Å². The normalized spacial score (nSPS) is 18.2. The molecule has 0 radical (unpaired) electrons. The van der Waals surface area contributed by atoms with Crippen LogP contribution in [0.3, 0.4) is 0 Å². The molecular formula is C65H116O12. The zero-order chi connectivity index (χ0) is 56.1. The number of carboxylic acids is 1. The van der Waals surface area contributed by atoms with E-state index in [1.807, 2.05) is 0 Å². The number of carboxylic acid groups (broad SMARTS) is 1. The molecule has 0 aromatic carbocycles. The summed E-state index contributed by atoms with van der Waals surface area (Å²) in [5.74, 6) is -3.10. The van der Waals surface area contributed by atoms with Crippen LogP contribution < -0.4 is 0 Å². The number of aliphatic hydroxyl groups excluding tert-OH is 2. The quantitative estimate of drug-likeness (QED) is 0.0228. The van der Waals surface area contributed by atoms with Gasteiger partial charge in [-0.3, -0.25) is 14.4 Å². The lowest BCUT2D eigenvalue weighted by Gasteiger charge is -2.40. The van der Waals surface area contributed by atoms with Gasteiger partial charge < -0.3 is 39.0 Å². The number of hydrogen-bond acceptors (Lipinski definition) is 11. The summed E-state index contributed by atoms with van der Waals surface area (Å²) in [7, 11) is 0. The molecular weight excluding hydrogens is 973 g/mol. The standard InChI is InChI=1S/C65H116O12/c1-4-7-10-13-16-19-22-24-26-28-29-31-33-35-38-41-44-47-50-53-59(68)76-63-61(70)60(69)62(64(71)72)77-65(63)74-55-56(75-58(67)52-49-46-43-40-36-21-18-15-12-9-6-3)54-73-57(66)51-48-45-42-39-37-34-32-30-27-25-23-20-17-14-11-8-5-2/h16,19,24-27,56,60-63,65,69-70H,4-15,17-18,20-23,28-55H2,1-3H3,(H,71,72)/b19-16-,26-24-,27-25-. The Kier molecular flexibility index (Phi) is 50.1. The van der Waals surface area contributed by atoms with Crippen LogP contribution in [0.5, 0.6) is 0 Å². The van der Waals surface area contributed by atoms with Crippen LogP contribution in [0.25, 0.3) is 0 Å². The highest BCUT2D eigenvalue weighted by molar-refractivity contribution is 5.74. The van der Waals surface area contributed by atoms with Gasteiger partial charge in [-0.1, -0.05) is 243 Å². The van der Waals surface area contributed by atoms with Gasteiger partial charge in [0.1, 0.15) is 18.8 Å². The minimum atomic E-state index is -1.90. The van der Waals surface area contributed by atoms with Crippen molar-refractivity contribution in [1.29, 1.82) is 0 Å². The summed E-state index contributed by atoms with van der Waals surface area (Å²) in [5.41, 5.74) is 0. The summed E-state index contributed by atoms with van der Waals surface area (Å²) in [5, 5.41) is 31.5. The van der Waals surface area contributed by atoms with Crippen LogP contribution in [-0.4, -0.2) is 89.2 Å². The second-order valence-corrected chi connectivity index (χ2v) is 22.0. The number of aliphatic hydroxyl groups is 2. The Bertz CT molecular complexity index is 1480. The third-order valence-corrected chi connectivity index (χ3v) is 14.7. The Balaban J connectivity index is 2.62. The summed E-state index contributed by atoms with van der Waals surface area (Å²) in [4.78, 5) is 51.2. The van der Waals surface area contributed by atoms with E-state index in [0.717, 1.165) is 83.5 Å². The van der Waals surface area contributed by atoms with Gasteiger partial charge in [0.25, 0.3) is 0 Å². The highest BCUT2D eigenvalue weighted by Gasteiger charge is 2.50. The predicted octanol–water partition coefficient (Wildman–Crippen LogP) is 16.8. The van der Waals surface area contributed by atoms with E-state index in [1.165, 1.54) is 161 Å². The Labute approximate surface area is 470 Å². The van der Waals surface area contributed by atoms with Crippen LogP contribution in [0, 0.1) is 0 Å². The van der Waals surface area contributed by atoms with Crippen molar-refractivity contribution in [1.82, 2.24) is 0 Å². The molecule has 77 heavy (non-hydrogen) atoms. The van der Waals surface area contributed by atoms with Crippen LogP contribution in [0.15, 0.2) is 36.5 Å².